The van der Waals surface area contributed by atoms with Crippen LogP contribution in [0, 0.1) is 5.92 Å². The average molecular weight is 276 g/mol. The van der Waals surface area contributed by atoms with Crippen LogP contribution in [0.5, 0.6) is 0 Å². The molecule has 2 atom stereocenters. The first-order chi connectivity index (χ1) is 9.54. The Bertz CT molecular complexity index is 502. The van der Waals surface area contributed by atoms with Crippen LogP contribution in [0.3, 0.4) is 0 Å². The molecule has 5 heteroatoms. The van der Waals surface area contributed by atoms with Crippen molar-refractivity contribution in [3.63, 3.8) is 0 Å². The molecule has 0 spiro atoms. The minimum Gasteiger partial charge on any atom is -0.481 e. The van der Waals surface area contributed by atoms with Gasteiger partial charge in [0.2, 0.25) is 5.91 Å². The topological polar surface area (TPSA) is 78.4 Å². The van der Waals surface area contributed by atoms with E-state index in [1.807, 2.05) is 0 Å². The molecule has 0 radical (unpaired) electrons. The van der Waals surface area contributed by atoms with E-state index in [0.717, 1.165) is 19.4 Å². The number of rotatable bonds is 4. The van der Waals surface area contributed by atoms with Crippen LogP contribution in [-0.4, -0.2) is 29.6 Å². The van der Waals surface area contributed by atoms with Gasteiger partial charge in [0.1, 0.15) is 0 Å². The molecule has 2 rings (SSSR count). The van der Waals surface area contributed by atoms with Crippen molar-refractivity contribution in [3.05, 3.63) is 29.8 Å². The molecule has 0 bridgehead atoms. The molecule has 20 heavy (non-hydrogen) atoms. The Hall–Kier alpha value is -1.88. The van der Waals surface area contributed by atoms with Crippen LogP contribution in [0.15, 0.2) is 24.3 Å². The average Bonchev–Trinajstić information content (AvgIpc) is 2.38. The molecular weight excluding hydrogens is 256 g/mol. The normalized spacial score (nSPS) is 22.2. The molecule has 2 unspecified atom stereocenters. The van der Waals surface area contributed by atoms with Crippen molar-refractivity contribution < 1.29 is 14.7 Å². The standard InChI is InChI=1S/C15H20N2O3/c1-10-7-12(5-6-16-10)15(20)17-13-4-2-3-11(8-13)9-14(18)19/h2-4,8,10,12,16H,5-7,9H2,1H3,(H,17,20)(H,18,19). The number of carbonyl (C=O) groups is 2. The lowest BCUT2D eigenvalue weighted by Crippen LogP contribution is -2.40. The first kappa shape index (κ1) is 14.5. The van der Waals surface area contributed by atoms with E-state index in [2.05, 4.69) is 17.6 Å². The lowest BCUT2D eigenvalue weighted by molar-refractivity contribution is -0.136. The van der Waals surface area contributed by atoms with Gasteiger partial charge in [-0.1, -0.05) is 12.1 Å². The zero-order chi connectivity index (χ0) is 14.5. The number of nitrogens with one attached hydrogen (secondary N) is 2. The number of anilines is 1. The number of hydrogen-bond donors (Lipinski definition) is 3. The maximum absolute atomic E-state index is 12.2. The monoisotopic (exact) mass is 276 g/mol. The van der Waals surface area contributed by atoms with Crippen LogP contribution >= 0.6 is 0 Å². The highest BCUT2D eigenvalue weighted by atomic mass is 16.4. The fourth-order valence-corrected chi connectivity index (χ4v) is 2.55. The van der Waals surface area contributed by atoms with E-state index in [1.165, 1.54) is 0 Å². The highest BCUT2D eigenvalue weighted by molar-refractivity contribution is 5.92. The van der Waals surface area contributed by atoms with Crippen LogP contribution in [0.1, 0.15) is 25.3 Å². The zero-order valence-corrected chi connectivity index (χ0v) is 11.6. The Morgan fingerprint density at radius 1 is 1.45 bits per heavy atom. The highest BCUT2D eigenvalue weighted by Gasteiger charge is 2.24. The molecule has 0 aliphatic carbocycles. The minimum atomic E-state index is -0.874. The number of aliphatic carboxylic acids is 1. The molecule has 3 N–H and O–H groups in total. The van der Waals surface area contributed by atoms with Gasteiger partial charge in [-0.15, -0.1) is 0 Å². The molecule has 1 aliphatic heterocycles. The highest BCUT2D eigenvalue weighted by Crippen LogP contribution is 2.19. The van der Waals surface area contributed by atoms with Gasteiger partial charge in [-0.2, -0.15) is 0 Å². The number of hydrogen-bond acceptors (Lipinski definition) is 3. The molecule has 108 valence electrons. The summed E-state index contributed by atoms with van der Waals surface area (Å²) in [7, 11) is 0. The summed E-state index contributed by atoms with van der Waals surface area (Å²) in [5.41, 5.74) is 1.36. The number of amides is 1. The summed E-state index contributed by atoms with van der Waals surface area (Å²) in [6.07, 6.45) is 1.64. The quantitative estimate of drug-likeness (QED) is 0.781. The second-order valence-corrected chi connectivity index (χ2v) is 5.34. The number of piperidine rings is 1. The fourth-order valence-electron chi connectivity index (χ4n) is 2.55. The Balaban J connectivity index is 1.98. The largest absolute Gasteiger partial charge is 0.481 e. The lowest BCUT2D eigenvalue weighted by Gasteiger charge is -2.27. The van der Waals surface area contributed by atoms with Crippen molar-refractivity contribution in [1.82, 2.24) is 5.32 Å². The predicted octanol–water partition coefficient (Wildman–Crippen LogP) is 1.64. The van der Waals surface area contributed by atoms with Gasteiger partial charge in [-0.3, -0.25) is 9.59 Å². The van der Waals surface area contributed by atoms with E-state index >= 15 is 0 Å². The van der Waals surface area contributed by atoms with Crippen molar-refractivity contribution in [3.8, 4) is 0 Å². The van der Waals surface area contributed by atoms with Gasteiger partial charge in [0.15, 0.2) is 0 Å². The molecule has 1 aromatic carbocycles. The Labute approximate surface area is 118 Å². The summed E-state index contributed by atoms with van der Waals surface area (Å²) in [6, 6.07) is 7.37. The summed E-state index contributed by atoms with van der Waals surface area (Å²) < 4.78 is 0. The molecule has 1 aromatic rings. The van der Waals surface area contributed by atoms with Crippen molar-refractivity contribution in [2.24, 2.45) is 5.92 Å². The second-order valence-electron chi connectivity index (χ2n) is 5.34. The summed E-state index contributed by atoms with van der Waals surface area (Å²) in [5, 5.41) is 15.0. The molecule has 5 nitrogen and oxygen atoms in total. The number of carboxylic acid groups (broad SMARTS) is 1. The SMILES string of the molecule is CC1CC(C(=O)Nc2cccc(CC(=O)O)c2)CCN1. The smallest absolute Gasteiger partial charge is 0.307 e. The summed E-state index contributed by atoms with van der Waals surface area (Å²) in [4.78, 5) is 22.9. The third kappa shape index (κ3) is 4.06. The van der Waals surface area contributed by atoms with Crippen molar-refractivity contribution >= 4 is 17.6 Å². The van der Waals surface area contributed by atoms with Crippen LogP contribution < -0.4 is 10.6 Å². The van der Waals surface area contributed by atoms with E-state index < -0.39 is 5.97 Å². The molecule has 0 aromatic heterocycles. The molecule has 1 heterocycles. The van der Waals surface area contributed by atoms with Gasteiger partial charge in [0.05, 0.1) is 6.42 Å². The van der Waals surface area contributed by atoms with E-state index in [0.29, 0.717) is 17.3 Å². The summed E-state index contributed by atoms with van der Waals surface area (Å²) in [6.45, 7) is 2.94. The maximum Gasteiger partial charge on any atom is 0.307 e. The fraction of sp³-hybridized carbons (Fsp3) is 0.467. The number of carbonyl (C=O) groups excluding carboxylic acids is 1. The summed E-state index contributed by atoms with van der Waals surface area (Å²) >= 11 is 0. The number of benzene rings is 1. The van der Waals surface area contributed by atoms with E-state index in [9.17, 15) is 9.59 Å². The van der Waals surface area contributed by atoms with Crippen LogP contribution in [0.2, 0.25) is 0 Å². The van der Waals surface area contributed by atoms with Crippen LogP contribution in [0.4, 0.5) is 5.69 Å². The van der Waals surface area contributed by atoms with Crippen LogP contribution in [0.25, 0.3) is 0 Å². The van der Waals surface area contributed by atoms with E-state index in [4.69, 9.17) is 5.11 Å². The zero-order valence-electron chi connectivity index (χ0n) is 11.6. The van der Waals surface area contributed by atoms with Gasteiger partial charge in [0.25, 0.3) is 0 Å². The van der Waals surface area contributed by atoms with E-state index in [-0.39, 0.29) is 18.2 Å². The second kappa shape index (κ2) is 6.52. The first-order valence-corrected chi connectivity index (χ1v) is 6.89. The van der Waals surface area contributed by atoms with E-state index in [1.54, 1.807) is 24.3 Å². The summed E-state index contributed by atoms with van der Waals surface area (Å²) in [5.74, 6) is -0.833. The molecule has 0 saturated carbocycles. The van der Waals surface area contributed by atoms with Gasteiger partial charge in [-0.05, 0) is 44.0 Å². The van der Waals surface area contributed by atoms with Crippen LogP contribution in [-0.2, 0) is 16.0 Å². The van der Waals surface area contributed by atoms with Gasteiger partial charge < -0.3 is 15.7 Å². The number of carboxylic acids is 1. The molecular formula is C15H20N2O3. The third-order valence-electron chi connectivity index (χ3n) is 3.54. The maximum atomic E-state index is 12.2. The minimum absolute atomic E-state index is 0.0193. The Morgan fingerprint density at radius 3 is 2.95 bits per heavy atom. The molecule has 1 saturated heterocycles. The van der Waals surface area contributed by atoms with Gasteiger partial charge >= 0.3 is 5.97 Å². The molecule has 1 fully saturated rings. The van der Waals surface area contributed by atoms with Gasteiger partial charge in [-0.25, -0.2) is 0 Å². The van der Waals surface area contributed by atoms with Gasteiger partial charge in [0, 0.05) is 17.6 Å². The Morgan fingerprint density at radius 2 is 2.25 bits per heavy atom. The first-order valence-electron chi connectivity index (χ1n) is 6.89. The molecule has 1 aliphatic rings. The predicted molar refractivity (Wildman–Crippen MR) is 76.6 cm³/mol. The van der Waals surface area contributed by atoms with Crippen molar-refractivity contribution in [2.45, 2.75) is 32.2 Å². The molecule has 1 amide bonds. The Kier molecular flexibility index (Phi) is 4.74. The van der Waals surface area contributed by atoms with Crippen molar-refractivity contribution in [2.75, 3.05) is 11.9 Å². The third-order valence-corrected chi connectivity index (χ3v) is 3.54. The van der Waals surface area contributed by atoms with Crippen molar-refractivity contribution in [1.29, 1.82) is 0 Å². The lowest BCUT2D eigenvalue weighted by atomic mass is 9.92.